The van der Waals surface area contributed by atoms with E-state index in [1.807, 2.05) is 5.38 Å². The smallest absolute Gasteiger partial charge is 0.259 e. The first-order valence-corrected chi connectivity index (χ1v) is 6.94. The van der Waals surface area contributed by atoms with E-state index in [0.717, 1.165) is 30.7 Å². The lowest BCUT2D eigenvalue weighted by Gasteiger charge is -2.06. The van der Waals surface area contributed by atoms with Crippen molar-refractivity contribution in [1.29, 1.82) is 0 Å². The molecule has 2 aromatic rings. The highest BCUT2D eigenvalue weighted by molar-refractivity contribution is 7.14. The first kappa shape index (κ1) is 13.0. The fraction of sp³-hybridized carbons (Fsp3) is 0.231. The first-order valence-electron chi connectivity index (χ1n) is 6.06. The van der Waals surface area contributed by atoms with E-state index in [1.54, 1.807) is 0 Å². The Balaban J connectivity index is 1.79. The van der Waals surface area contributed by atoms with Crippen LogP contribution >= 0.6 is 11.3 Å². The zero-order valence-corrected chi connectivity index (χ0v) is 11.1. The van der Waals surface area contributed by atoms with Gasteiger partial charge in [0, 0.05) is 23.1 Å². The highest BCUT2D eigenvalue weighted by Gasteiger charge is 2.26. The Kier molecular flexibility index (Phi) is 3.13. The van der Waals surface area contributed by atoms with Gasteiger partial charge >= 0.3 is 0 Å². The average Bonchev–Trinajstić information content (AvgIpc) is 3.15. The Morgan fingerprint density at radius 1 is 1.35 bits per heavy atom. The lowest BCUT2D eigenvalue weighted by Crippen LogP contribution is -2.14. The Morgan fingerprint density at radius 3 is 2.75 bits per heavy atom. The number of benzene rings is 1. The molecule has 7 heteroatoms. The molecule has 0 saturated heterocycles. The molecule has 0 unspecified atom stereocenters. The molecular weight excluding hydrogens is 284 g/mol. The van der Waals surface area contributed by atoms with Crippen LogP contribution in [0.1, 0.15) is 34.8 Å². The maximum absolute atomic E-state index is 13.2. The number of rotatable bonds is 3. The van der Waals surface area contributed by atoms with Gasteiger partial charge in [0.1, 0.15) is 0 Å². The minimum absolute atomic E-state index is 0.105. The van der Waals surface area contributed by atoms with Crippen molar-refractivity contribution >= 4 is 28.1 Å². The zero-order chi connectivity index (χ0) is 14.3. The van der Waals surface area contributed by atoms with Crippen molar-refractivity contribution in [2.24, 2.45) is 0 Å². The summed E-state index contributed by atoms with van der Waals surface area (Å²) in [5.41, 5.74) is 6.27. The predicted molar refractivity (Wildman–Crippen MR) is 72.8 cm³/mol. The summed E-state index contributed by atoms with van der Waals surface area (Å²) >= 11 is 1.30. The Hall–Kier alpha value is -2.02. The molecule has 1 aliphatic rings. The first-order chi connectivity index (χ1) is 9.54. The number of nitrogens with one attached hydrogen (secondary N) is 1. The number of hydrogen-bond acceptors (Lipinski definition) is 4. The van der Waals surface area contributed by atoms with Gasteiger partial charge in [0.15, 0.2) is 16.8 Å². The number of nitrogens with two attached hydrogens (primary N) is 1. The Bertz CT molecular complexity index is 682. The molecule has 0 bridgehead atoms. The van der Waals surface area contributed by atoms with Gasteiger partial charge in [-0.15, -0.1) is 11.3 Å². The van der Waals surface area contributed by atoms with Crippen molar-refractivity contribution < 1.29 is 13.6 Å². The highest BCUT2D eigenvalue weighted by Crippen LogP contribution is 2.40. The number of carbonyl (C=O) groups excluding carboxylic acids is 1. The van der Waals surface area contributed by atoms with Crippen LogP contribution in [-0.4, -0.2) is 10.9 Å². The van der Waals surface area contributed by atoms with Crippen LogP contribution in [-0.2, 0) is 0 Å². The van der Waals surface area contributed by atoms with Crippen LogP contribution in [0.25, 0.3) is 0 Å². The average molecular weight is 295 g/mol. The van der Waals surface area contributed by atoms with Gasteiger partial charge in [0.05, 0.1) is 11.3 Å². The van der Waals surface area contributed by atoms with Crippen LogP contribution in [0.15, 0.2) is 17.5 Å². The molecule has 0 radical (unpaired) electrons. The van der Waals surface area contributed by atoms with Crippen LogP contribution in [0.2, 0.25) is 0 Å². The van der Waals surface area contributed by atoms with Crippen molar-refractivity contribution in [2.45, 2.75) is 18.8 Å². The van der Waals surface area contributed by atoms with Gasteiger partial charge in [-0.25, -0.2) is 13.8 Å². The van der Waals surface area contributed by atoms with E-state index in [4.69, 9.17) is 5.73 Å². The number of halogens is 2. The molecule has 20 heavy (non-hydrogen) atoms. The normalized spacial score (nSPS) is 14.3. The predicted octanol–water partition coefficient (Wildman–Crippen LogP) is 3.13. The van der Waals surface area contributed by atoms with E-state index in [2.05, 4.69) is 10.3 Å². The fourth-order valence-corrected chi connectivity index (χ4v) is 2.62. The molecule has 3 rings (SSSR count). The molecule has 1 aliphatic carbocycles. The monoisotopic (exact) mass is 295 g/mol. The van der Waals surface area contributed by atoms with Crippen molar-refractivity contribution in [3.05, 3.63) is 40.4 Å². The second-order valence-corrected chi connectivity index (χ2v) is 5.52. The number of nitrogen functional groups attached to an aromatic ring is 1. The number of amides is 1. The summed E-state index contributed by atoms with van der Waals surface area (Å²) in [6.07, 6.45) is 2.24. The number of carbonyl (C=O) groups is 1. The number of hydrogen-bond donors (Lipinski definition) is 2. The summed E-state index contributed by atoms with van der Waals surface area (Å²) in [7, 11) is 0. The molecule has 1 aromatic carbocycles. The van der Waals surface area contributed by atoms with Crippen LogP contribution in [0.3, 0.4) is 0 Å². The molecule has 1 amide bonds. The summed E-state index contributed by atoms with van der Waals surface area (Å²) in [5, 5.41) is 4.87. The molecular formula is C13H11F2N3OS. The van der Waals surface area contributed by atoms with Crippen molar-refractivity contribution in [3.63, 3.8) is 0 Å². The molecule has 4 nitrogen and oxygen atoms in total. The third-order valence-corrected chi connectivity index (χ3v) is 3.85. The summed E-state index contributed by atoms with van der Waals surface area (Å²) in [5.74, 6) is -2.30. The van der Waals surface area contributed by atoms with Crippen LogP contribution in [0.5, 0.6) is 0 Å². The van der Waals surface area contributed by atoms with Crippen LogP contribution in [0.4, 0.5) is 19.6 Å². The van der Waals surface area contributed by atoms with E-state index in [1.165, 1.54) is 11.3 Å². The highest BCUT2D eigenvalue weighted by atomic mass is 32.1. The summed E-state index contributed by atoms with van der Waals surface area (Å²) in [4.78, 5) is 16.3. The second kappa shape index (κ2) is 4.82. The molecule has 1 heterocycles. The van der Waals surface area contributed by atoms with Gasteiger partial charge in [-0.2, -0.15) is 0 Å². The molecule has 3 N–H and O–H groups in total. The molecule has 0 aliphatic heterocycles. The lowest BCUT2D eigenvalue weighted by atomic mass is 10.1. The lowest BCUT2D eigenvalue weighted by molar-refractivity contribution is 0.102. The maximum Gasteiger partial charge on any atom is 0.259 e. The molecule has 1 aromatic heterocycles. The molecule has 1 fully saturated rings. The molecule has 0 spiro atoms. The Morgan fingerprint density at radius 2 is 2.05 bits per heavy atom. The van der Waals surface area contributed by atoms with E-state index in [9.17, 15) is 13.6 Å². The standard InChI is InChI=1S/C13H11F2N3OS/c14-8-3-7(10(16)4-9(8)15)12(19)18-13-17-11(5-20-13)6-1-2-6/h3-6H,1-2,16H2,(H,17,18,19). The molecule has 0 atom stereocenters. The van der Waals surface area contributed by atoms with Crippen LogP contribution < -0.4 is 11.1 Å². The largest absolute Gasteiger partial charge is 0.398 e. The van der Waals surface area contributed by atoms with Gasteiger partial charge < -0.3 is 5.73 Å². The number of nitrogens with zero attached hydrogens (tertiary/aromatic N) is 1. The van der Waals surface area contributed by atoms with Crippen molar-refractivity contribution in [1.82, 2.24) is 4.98 Å². The second-order valence-electron chi connectivity index (χ2n) is 4.66. The number of anilines is 2. The van der Waals surface area contributed by atoms with Crippen molar-refractivity contribution in [2.75, 3.05) is 11.1 Å². The molecule has 1 saturated carbocycles. The minimum atomic E-state index is -1.11. The quantitative estimate of drug-likeness (QED) is 0.855. The Labute approximate surface area is 117 Å². The van der Waals surface area contributed by atoms with Gasteiger partial charge in [-0.1, -0.05) is 0 Å². The van der Waals surface area contributed by atoms with E-state index >= 15 is 0 Å². The van der Waals surface area contributed by atoms with Gasteiger partial charge in [-0.05, 0) is 18.9 Å². The van der Waals surface area contributed by atoms with E-state index < -0.39 is 17.5 Å². The van der Waals surface area contributed by atoms with Gasteiger partial charge in [0.2, 0.25) is 0 Å². The minimum Gasteiger partial charge on any atom is -0.398 e. The maximum atomic E-state index is 13.2. The SMILES string of the molecule is Nc1cc(F)c(F)cc1C(=O)Nc1nc(C2CC2)cs1. The third kappa shape index (κ3) is 2.49. The van der Waals surface area contributed by atoms with Gasteiger partial charge in [0.25, 0.3) is 5.91 Å². The third-order valence-electron chi connectivity index (χ3n) is 3.08. The summed E-state index contributed by atoms with van der Waals surface area (Å²) in [6, 6.07) is 1.58. The summed E-state index contributed by atoms with van der Waals surface area (Å²) in [6.45, 7) is 0. The van der Waals surface area contributed by atoms with Crippen LogP contribution in [0, 0.1) is 11.6 Å². The molecule has 104 valence electrons. The van der Waals surface area contributed by atoms with E-state index in [0.29, 0.717) is 11.0 Å². The zero-order valence-electron chi connectivity index (χ0n) is 10.3. The fourth-order valence-electron chi connectivity index (χ4n) is 1.83. The number of thiazole rings is 1. The summed E-state index contributed by atoms with van der Waals surface area (Å²) < 4.78 is 26.1. The van der Waals surface area contributed by atoms with Gasteiger partial charge in [-0.3, -0.25) is 10.1 Å². The topological polar surface area (TPSA) is 68.0 Å². The van der Waals surface area contributed by atoms with Crippen molar-refractivity contribution in [3.8, 4) is 0 Å². The van der Waals surface area contributed by atoms with E-state index in [-0.39, 0.29) is 11.3 Å². The number of aromatic nitrogens is 1.